The van der Waals surface area contributed by atoms with Crippen LogP contribution in [0.25, 0.3) is 10.9 Å². The molecule has 30 heavy (non-hydrogen) atoms. The van der Waals surface area contributed by atoms with Crippen molar-refractivity contribution in [3.8, 4) is 0 Å². The van der Waals surface area contributed by atoms with Crippen molar-refractivity contribution >= 4 is 40.1 Å². The Morgan fingerprint density at radius 3 is 2.47 bits per heavy atom. The number of ether oxygens (including phenoxy) is 1. The van der Waals surface area contributed by atoms with Gasteiger partial charge in [-0.1, -0.05) is 24.3 Å². The average molecular weight is 399 g/mol. The minimum absolute atomic E-state index is 0.292. The number of hydrogen-bond donors (Lipinski definition) is 2. The molecule has 0 saturated carbocycles. The number of nitrogens with zero attached hydrogens (tertiary/aromatic N) is 3. The summed E-state index contributed by atoms with van der Waals surface area (Å²) in [5.74, 6) is -0.484. The van der Waals surface area contributed by atoms with E-state index in [0.717, 1.165) is 5.39 Å². The molecule has 2 aromatic heterocycles. The van der Waals surface area contributed by atoms with Crippen LogP contribution in [0.5, 0.6) is 0 Å². The maximum absolute atomic E-state index is 12.6. The predicted molar refractivity (Wildman–Crippen MR) is 113 cm³/mol. The third-order valence-electron chi connectivity index (χ3n) is 4.33. The van der Waals surface area contributed by atoms with Crippen molar-refractivity contribution in [3.05, 3.63) is 84.3 Å². The number of anilines is 3. The number of benzene rings is 2. The lowest BCUT2D eigenvalue weighted by Crippen LogP contribution is -2.13. The summed E-state index contributed by atoms with van der Waals surface area (Å²) in [5.41, 5.74) is 2.65. The Morgan fingerprint density at radius 1 is 0.900 bits per heavy atom. The number of hydrogen-bond acceptors (Lipinski definition) is 7. The van der Waals surface area contributed by atoms with Crippen LogP contribution in [0.4, 0.5) is 17.3 Å². The molecule has 2 aromatic carbocycles. The van der Waals surface area contributed by atoms with Crippen LogP contribution in [0.2, 0.25) is 0 Å². The van der Waals surface area contributed by atoms with Crippen LogP contribution in [0, 0.1) is 0 Å². The number of aromatic nitrogens is 3. The maximum Gasteiger partial charge on any atom is 0.337 e. The number of esters is 1. The van der Waals surface area contributed by atoms with Gasteiger partial charge in [0, 0.05) is 29.7 Å². The second-order valence-electron chi connectivity index (χ2n) is 6.33. The highest BCUT2D eigenvalue weighted by atomic mass is 16.5. The van der Waals surface area contributed by atoms with E-state index < -0.39 is 5.97 Å². The van der Waals surface area contributed by atoms with E-state index in [9.17, 15) is 9.59 Å². The molecule has 148 valence electrons. The van der Waals surface area contributed by atoms with Gasteiger partial charge in [0.15, 0.2) is 0 Å². The smallest absolute Gasteiger partial charge is 0.337 e. The van der Waals surface area contributed by atoms with Crippen LogP contribution in [-0.4, -0.2) is 33.9 Å². The zero-order valence-electron chi connectivity index (χ0n) is 16.0. The molecular weight excluding hydrogens is 382 g/mol. The minimum atomic E-state index is -0.436. The fourth-order valence-electron chi connectivity index (χ4n) is 2.88. The SMILES string of the molecule is COC(=O)c1cccc(Nc2ncc(C(=O)Nc3cccc4cccnc34)cn2)c1. The van der Waals surface area contributed by atoms with E-state index in [2.05, 4.69) is 25.6 Å². The van der Waals surface area contributed by atoms with Crippen LogP contribution < -0.4 is 10.6 Å². The summed E-state index contributed by atoms with van der Waals surface area (Å²) in [4.78, 5) is 36.9. The molecule has 2 N–H and O–H groups in total. The molecule has 0 aliphatic rings. The Bertz CT molecular complexity index is 1220. The first-order valence-electron chi connectivity index (χ1n) is 9.06. The molecular formula is C22H17N5O3. The average Bonchev–Trinajstić information content (AvgIpc) is 2.79. The van der Waals surface area contributed by atoms with Crippen molar-refractivity contribution in [1.82, 2.24) is 15.0 Å². The van der Waals surface area contributed by atoms with E-state index in [-0.39, 0.29) is 5.91 Å². The van der Waals surface area contributed by atoms with Gasteiger partial charge in [-0.05, 0) is 30.3 Å². The van der Waals surface area contributed by atoms with Gasteiger partial charge in [0.25, 0.3) is 5.91 Å². The normalized spacial score (nSPS) is 10.4. The van der Waals surface area contributed by atoms with E-state index in [1.807, 2.05) is 24.3 Å². The Morgan fingerprint density at radius 2 is 1.67 bits per heavy atom. The molecule has 1 amide bonds. The Balaban J connectivity index is 1.48. The Labute approximate surface area is 172 Å². The number of carbonyl (C=O) groups excluding carboxylic acids is 2. The number of amides is 1. The van der Waals surface area contributed by atoms with Gasteiger partial charge in [-0.3, -0.25) is 9.78 Å². The first-order chi connectivity index (χ1) is 14.6. The van der Waals surface area contributed by atoms with Crippen LogP contribution in [0.15, 0.2) is 73.2 Å². The summed E-state index contributed by atoms with van der Waals surface area (Å²) in [7, 11) is 1.32. The van der Waals surface area contributed by atoms with Crippen LogP contribution in [-0.2, 0) is 4.74 Å². The van der Waals surface area contributed by atoms with E-state index in [1.165, 1.54) is 19.5 Å². The second kappa shape index (κ2) is 8.36. The molecule has 0 aliphatic heterocycles. The zero-order chi connectivity index (χ0) is 20.9. The number of rotatable bonds is 5. The molecule has 0 atom stereocenters. The van der Waals surface area contributed by atoms with E-state index in [0.29, 0.717) is 34.0 Å². The van der Waals surface area contributed by atoms with Gasteiger partial charge in [-0.2, -0.15) is 0 Å². The van der Waals surface area contributed by atoms with Gasteiger partial charge in [-0.15, -0.1) is 0 Å². The predicted octanol–water partition coefficient (Wildman–Crippen LogP) is 3.81. The molecule has 4 aromatic rings. The van der Waals surface area contributed by atoms with Crippen LogP contribution in [0.3, 0.4) is 0 Å². The number of para-hydroxylation sites is 1. The lowest BCUT2D eigenvalue weighted by molar-refractivity contribution is 0.0600. The van der Waals surface area contributed by atoms with Gasteiger partial charge in [0.1, 0.15) is 0 Å². The standard InChI is InChI=1S/C22H17N5O3/c1-30-21(29)15-6-2-8-17(11-15)26-22-24-12-16(13-25-22)20(28)27-18-9-3-5-14-7-4-10-23-19(14)18/h2-13H,1H3,(H,27,28)(H,24,25,26). The maximum atomic E-state index is 12.6. The van der Waals surface area contributed by atoms with Gasteiger partial charge < -0.3 is 15.4 Å². The zero-order valence-corrected chi connectivity index (χ0v) is 16.0. The number of carbonyl (C=O) groups is 2. The third-order valence-corrected chi connectivity index (χ3v) is 4.33. The van der Waals surface area contributed by atoms with Gasteiger partial charge in [-0.25, -0.2) is 14.8 Å². The molecule has 0 aliphatic carbocycles. The van der Waals surface area contributed by atoms with Crippen molar-refractivity contribution in [2.24, 2.45) is 0 Å². The summed E-state index contributed by atoms with van der Waals surface area (Å²) >= 11 is 0. The summed E-state index contributed by atoms with van der Waals surface area (Å²) in [5, 5.41) is 6.77. The largest absolute Gasteiger partial charge is 0.465 e. The van der Waals surface area contributed by atoms with Crippen molar-refractivity contribution in [1.29, 1.82) is 0 Å². The fourth-order valence-corrected chi connectivity index (χ4v) is 2.88. The second-order valence-corrected chi connectivity index (χ2v) is 6.33. The molecule has 0 fully saturated rings. The summed E-state index contributed by atoms with van der Waals surface area (Å²) in [6, 6.07) is 16.1. The molecule has 8 nitrogen and oxygen atoms in total. The highest BCUT2D eigenvalue weighted by molar-refractivity contribution is 6.08. The van der Waals surface area contributed by atoms with E-state index >= 15 is 0 Å². The molecule has 0 saturated heterocycles. The van der Waals surface area contributed by atoms with Crippen molar-refractivity contribution in [2.45, 2.75) is 0 Å². The Hall–Kier alpha value is -4.33. The first-order valence-corrected chi connectivity index (χ1v) is 9.06. The van der Waals surface area contributed by atoms with Gasteiger partial charge in [0.2, 0.25) is 5.95 Å². The quantitative estimate of drug-likeness (QED) is 0.492. The number of fused-ring (bicyclic) bond motifs is 1. The lowest BCUT2D eigenvalue weighted by Gasteiger charge is -2.09. The minimum Gasteiger partial charge on any atom is -0.465 e. The molecule has 8 heteroatoms. The molecule has 2 heterocycles. The highest BCUT2D eigenvalue weighted by Crippen LogP contribution is 2.21. The van der Waals surface area contributed by atoms with E-state index in [1.54, 1.807) is 36.5 Å². The summed E-state index contributed by atoms with van der Waals surface area (Å²) in [6.45, 7) is 0. The molecule has 0 bridgehead atoms. The highest BCUT2D eigenvalue weighted by Gasteiger charge is 2.11. The monoisotopic (exact) mass is 399 g/mol. The van der Waals surface area contributed by atoms with Crippen LogP contribution >= 0.6 is 0 Å². The fraction of sp³-hybridized carbons (Fsp3) is 0.0455. The Kier molecular flexibility index (Phi) is 5.29. The third kappa shape index (κ3) is 4.07. The molecule has 4 rings (SSSR count). The molecule has 0 radical (unpaired) electrons. The van der Waals surface area contributed by atoms with Crippen molar-refractivity contribution < 1.29 is 14.3 Å². The summed E-state index contributed by atoms with van der Waals surface area (Å²) in [6.07, 6.45) is 4.53. The molecule has 0 unspecified atom stereocenters. The van der Waals surface area contributed by atoms with Crippen molar-refractivity contribution in [3.63, 3.8) is 0 Å². The van der Waals surface area contributed by atoms with Crippen LogP contribution in [0.1, 0.15) is 20.7 Å². The lowest BCUT2D eigenvalue weighted by atomic mass is 10.2. The summed E-state index contributed by atoms with van der Waals surface area (Å²) < 4.78 is 4.71. The van der Waals surface area contributed by atoms with E-state index in [4.69, 9.17) is 4.74 Å². The topological polar surface area (TPSA) is 106 Å². The molecule has 0 spiro atoms. The number of pyridine rings is 1. The van der Waals surface area contributed by atoms with Crippen molar-refractivity contribution in [2.75, 3.05) is 17.7 Å². The number of methoxy groups -OCH3 is 1. The number of nitrogens with one attached hydrogen (secondary N) is 2. The first kappa shape index (κ1) is 19.0. The van der Waals surface area contributed by atoms with Gasteiger partial charge >= 0.3 is 5.97 Å². The van der Waals surface area contributed by atoms with Gasteiger partial charge in [0.05, 0.1) is 29.4 Å².